The Morgan fingerprint density at radius 1 is 1.20 bits per heavy atom. The second-order valence-electron chi connectivity index (χ2n) is 9.55. The van der Waals surface area contributed by atoms with Crippen LogP contribution in [0.5, 0.6) is 0 Å². The second-order valence-corrected chi connectivity index (χ2v) is 11.4. The quantitative estimate of drug-likeness (QED) is 0.400. The Morgan fingerprint density at radius 2 is 1.93 bits per heavy atom. The fourth-order valence-electron chi connectivity index (χ4n) is 5.25. The highest BCUT2D eigenvalue weighted by Crippen LogP contribution is 2.61. The predicted molar refractivity (Wildman–Crippen MR) is 120 cm³/mol. The van der Waals surface area contributed by atoms with E-state index in [1.807, 2.05) is 30.3 Å². The number of fused-ring (bicyclic) bond motifs is 2. The van der Waals surface area contributed by atoms with Gasteiger partial charge in [-0.2, -0.15) is 0 Å². The molecule has 0 spiro atoms. The first-order valence-corrected chi connectivity index (χ1v) is 12.7. The minimum atomic E-state index is -3.36. The standard InChI is InChI=1S/C24H35NO4S/c1-24(2)20-16-19(12-8-3-4-9-13-22(26)27)23(21(24)17-20)25-30(28,29)15-14-18-10-6-5-7-11-18/h3,5-8,10-11,19-21,23,25H,4,9,12-17H2,1-2H3,(H,26,27). The van der Waals surface area contributed by atoms with E-state index in [0.717, 1.165) is 31.2 Å². The van der Waals surface area contributed by atoms with E-state index in [2.05, 4.69) is 30.7 Å². The normalized spacial score (nSPS) is 27.7. The molecule has 4 atom stereocenters. The van der Waals surface area contributed by atoms with Crippen LogP contribution in [0.3, 0.4) is 0 Å². The molecule has 0 aliphatic heterocycles. The van der Waals surface area contributed by atoms with Gasteiger partial charge in [0.1, 0.15) is 0 Å². The van der Waals surface area contributed by atoms with E-state index in [9.17, 15) is 13.2 Å². The number of aliphatic carboxylic acids is 1. The number of hydrogen-bond acceptors (Lipinski definition) is 3. The molecule has 6 heteroatoms. The van der Waals surface area contributed by atoms with E-state index in [1.165, 1.54) is 0 Å². The number of benzene rings is 1. The van der Waals surface area contributed by atoms with Crippen molar-refractivity contribution in [2.75, 3.05) is 5.75 Å². The van der Waals surface area contributed by atoms with Crippen molar-refractivity contribution in [2.24, 2.45) is 23.2 Å². The lowest BCUT2D eigenvalue weighted by Gasteiger charge is -2.62. The van der Waals surface area contributed by atoms with Crippen molar-refractivity contribution in [1.82, 2.24) is 4.72 Å². The zero-order valence-electron chi connectivity index (χ0n) is 18.1. The average Bonchev–Trinajstić information content (AvgIpc) is 2.70. The fourth-order valence-corrected chi connectivity index (χ4v) is 6.64. The number of carbonyl (C=O) groups is 1. The number of sulfonamides is 1. The first kappa shape index (κ1) is 23.0. The minimum Gasteiger partial charge on any atom is -0.481 e. The van der Waals surface area contributed by atoms with E-state index < -0.39 is 16.0 Å². The second kappa shape index (κ2) is 9.65. The molecule has 0 saturated heterocycles. The first-order valence-electron chi connectivity index (χ1n) is 11.1. The van der Waals surface area contributed by atoms with Crippen LogP contribution < -0.4 is 4.72 Å². The lowest BCUT2D eigenvalue weighted by molar-refractivity contribution is -0.137. The number of nitrogens with one attached hydrogen (secondary N) is 1. The number of carboxylic acid groups (broad SMARTS) is 1. The Morgan fingerprint density at radius 3 is 2.60 bits per heavy atom. The van der Waals surface area contributed by atoms with Crippen molar-refractivity contribution >= 4 is 16.0 Å². The summed E-state index contributed by atoms with van der Waals surface area (Å²) in [6.07, 6.45) is 9.29. The van der Waals surface area contributed by atoms with Crippen LogP contribution in [0, 0.1) is 23.2 Å². The molecule has 2 N–H and O–H groups in total. The monoisotopic (exact) mass is 433 g/mol. The molecule has 4 rings (SSSR count). The lowest BCUT2D eigenvalue weighted by atomic mass is 9.45. The van der Waals surface area contributed by atoms with Crippen molar-refractivity contribution in [3.8, 4) is 0 Å². The molecule has 5 nitrogen and oxygen atoms in total. The maximum absolute atomic E-state index is 12.9. The molecule has 2 bridgehead atoms. The van der Waals surface area contributed by atoms with Gasteiger partial charge >= 0.3 is 5.97 Å². The molecule has 3 saturated carbocycles. The zero-order valence-corrected chi connectivity index (χ0v) is 18.9. The summed E-state index contributed by atoms with van der Waals surface area (Å²) >= 11 is 0. The molecule has 0 aromatic heterocycles. The number of allylic oxidation sites excluding steroid dienone is 2. The van der Waals surface area contributed by atoms with Gasteiger partial charge in [-0.25, -0.2) is 13.1 Å². The van der Waals surface area contributed by atoms with E-state index in [-0.39, 0.29) is 23.6 Å². The van der Waals surface area contributed by atoms with Gasteiger partial charge in [0.2, 0.25) is 10.0 Å². The van der Waals surface area contributed by atoms with Crippen molar-refractivity contribution in [1.29, 1.82) is 0 Å². The van der Waals surface area contributed by atoms with Gasteiger partial charge in [-0.05, 0) is 67.3 Å². The van der Waals surface area contributed by atoms with E-state index >= 15 is 0 Å². The third-order valence-corrected chi connectivity index (χ3v) is 8.63. The third-order valence-electron chi connectivity index (χ3n) is 7.26. The third kappa shape index (κ3) is 5.73. The molecule has 0 heterocycles. The maximum atomic E-state index is 12.9. The number of hydrogen-bond donors (Lipinski definition) is 2. The van der Waals surface area contributed by atoms with Crippen LogP contribution in [0.15, 0.2) is 42.5 Å². The molecule has 0 amide bonds. The van der Waals surface area contributed by atoms with Crippen LogP contribution in [0.2, 0.25) is 0 Å². The highest BCUT2D eigenvalue weighted by atomic mass is 32.2. The Hall–Kier alpha value is -1.66. The van der Waals surface area contributed by atoms with Gasteiger partial charge < -0.3 is 5.11 Å². The summed E-state index contributed by atoms with van der Waals surface area (Å²) in [6.45, 7) is 4.55. The predicted octanol–water partition coefficient (Wildman–Crippen LogP) is 4.40. The maximum Gasteiger partial charge on any atom is 0.303 e. The van der Waals surface area contributed by atoms with Gasteiger partial charge in [-0.15, -0.1) is 0 Å². The first-order chi connectivity index (χ1) is 14.2. The van der Waals surface area contributed by atoms with Crippen LogP contribution in [-0.4, -0.2) is 31.3 Å². The summed E-state index contributed by atoms with van der Waals surface area (Å²) in [7, 11) is -3.36. The van der Waals surface area contributed by atoms with Gasteiger partial charge in [-0.3, -0.25) is 4.79 Å². The summed E-state index contributed by atoms with van der Waals surface area (Å²) < 4.78 is 28.9. The van der Waals surface area contributed by atoms with Gasteiger partial charge in [0.25, 0.3) is 0 Å². The summed E-state index contributed by atoms with van der Waals surface area (Å²) in [6, 6.07) is 9.72. The lowest BCUT2D eigenvalue weighted by Crippen LogP contribution is -2.63. The van der Waals surface area contributed by atoms with Crippen LogP contribution in [0.1, 0.15) is 57.9 Å². The van der Waals surface area contributed by atoms with Crippen LogP contribution >= 0.6 is 0 Å². The number of unbranched alkanes of at least 4 members (excludes halogenated alkanes) is 1. The minimum absolute atomic E-state index is 0.0190. The summed E-state index contributed by atoms with van der Waals surface area (Å²) in [5.74, 6) is 0.708. The molecular weight excluding hydrogens is 398 g/mol. The molecule has 1 aromatic rings. The summed E-state index contributed by atoms with van der Waals surface area (Å²) in [4.78, 5) is 10.6. The highest BCUT2D eigenvalue weighted by Gasteiger charge is 2.57. The van der Waals surface area contributed by atoms with Gasteiger partial charge in [-0.1, -0.05) is 56.3 Å². The van der Waals surface area contributed by atoms with Crippen molar-refractivity contribution in [3.63, 3.8) is 0 Å². The molecule has 4 unspecified atom stereocenters. The molecular formula is C24H35NO4S. The summed E-state index contributed by atoms with van der Waals surface area (Å²) in [5, 5.41) is 8.73. The smallest absolute Gasteiger partial charge is 0.303 e. The van der Waals surface area contributed by atoms with Crippen molar-refractivity contribution in [2.45, 2.75) is 64.8 Å². The molecule has 0 radical (unpaired) electrons. The SMILES string of the molecule is CC1(C)C2CC(CC=CCCCC(=O)O)C(NS(=O)(=O)CCc3ccccc3)C1C2. The largest absolute Gasteiger partial charge is 0.481 e. The van der Waals surface area contributed by atoms with Crippen LogP contribution in [0.4, 0.5) is 0 Å². The number of rotatable bonds is 11. The Labute approximate surface area is 181 Å². The Bertz CT molecular complexity index is 847. The number of aryl methyl sites for hydroxylation is 1. The molecule has 3 fully saturated rings. The van der Waals surface area contributed by atoms with E-state index in [0.29, 0.717) is 30.6 Å². The van der Waals surface area contributed by atoms with Crippen molar-refractivity contribution in [3.05, 3.63) is 48.0 Å². The van der Waals surface area contributed by atoms with Crippen LogP contribution in [-0.2, 0) is 21.2 Å². The van der Waals surface area contributed by atoms with Gasteiger partial charge in [0, 0.05) is 12.5 Å². The Kier molecular flexibility index (Phi) is 7.40. The molecule has 3 aliphatic rings. The molecule has 1 aromatic carbocycles. The highest BCUT2D eigenvalue weighted by molar-refractivity contribution is 7.89. The fraction of sp³-hybridized carbons (Fsp3) is 0.625. The Balaban J connectivity index is 1.59. The topological polar surface area (TPSA) is 83.5 Å². The molecule has 166 valence electrons. The number of carboxylic acids is 1. The molecule has 3 aliphatic carbocycles. The van der Waals surface area contributed by atoms with Gasteiger partial charge in [0.15, 0.2) is 0 Å². The van der Waals surface area contributed by atoms with Gasteiger partial charge in [0.05, 0.1) is 5.75 Å². The summed E-state index contributed by atoms with van der Waals surface area (Å²) in [5.41, 5.74) is 1.23. The zero-order chi connectivity index (χ0) is 21.8. The van der Waals surface area contributed by atoms with Crippen molar-refractivity contribution < 1.29 is 18.3 Å². The van der Waals surface area contributed by atoms with Crippen LogP contribution in [0.25, 0.3) is 0 Å². The van der Waals surface area contributed by atoms with E-state index in [4.69, 9.17) is 5.11 Å². The average molecular weight is 434 g/mol. The molecule has 30 heavy (non-hydrogen) atoms. The van der Waals surface area contributed by atoms with E-state index in [1.54, 1.807) is 0 Å².